The molecule has 10 rings (SSSR count). The van der Waals surface area contributed by atoms with Crippen molar-refractivity contribution < 1.29 is 0 Å². The summed E-state index contributed by atoms with van der Waals surface area (Å²) in [5.74, 6) is 2.05. The van der Waals surface area contributed by atoms with Gasteiger partial charge < -0.3 is 0 Å². The largest absolute Gasteiger partial charge is 0.208 e. The Hall–Kier alpha value is -6.49. The minimum absolute atomic E-state index is 0.667. The topological polar surface area (TPSA) is 38.7 Å². The van der Waals surface area contributed by atoms with E-state index >= 15 is 0 Å². The lowest BCUT2D eigenvalue weighted by molar-refractivity contribution is 1.08. The Bertz CT molecular complexity index is 2860. The van der Waals surface area contributed by atoms with E-state index in [1.165, 1.54) is 48.8 Å². The summed E-state index contributed by atoms with van der Waals surface area (Å²) < 4.78 is 0. The van der Waals surface area contributed by atoms with Gasteiger partial charge in [0.15, 0.2) is 17.5 Å². The Balaban J connectivity index is 1.19. The van der Waals surface area contributed by atoms with Crippen LogP contribution in [0.5, 0.6) is 0 Å². The first-order valence-corrected chi connectivity index (χ1v) is 21.2. The molecule has 250 valence electrons. The van der Waals surface area contributed by atoms with Crippen molar-refractivity contribution >= 4 is 40.0 Å². The van der Waals surface area contributed by atoms with Crippen LogP contribution in [0.3, 0.4) is 0 Å². The molecule has 1 aliphatic rings. The van der Waals surface area contributed by atoms with Crippen molar-refractivity contribution in [1.29, 1.82) is 0 Å². The predicted octanol–water partition coefficient (Wildman–Crippen LogP) is 11.3. The van der Waals surface area contributed by atoms with Crippen LogP contribution in [0.25, 0.3) is 89.1 Å². The van der Waals surface area contributed by atoms with Gasteiger partial charge in [-0.25, -0.2) is 15.0 Å². The van der Waals surface area contributed by atoms with Gasteiger partial charge in [-0.15, -0.1) is 0 Å². The summed E-state index contributed by atoms with van der Waals surface area (Å²) in [5.41, 5.74) is 10.3. The Labute approximate surface area is 310 Å². The zero-order chi connectivity index (χ0) is 35.5. The molecule has 0 amide bonds. The molecule has 0 saturated carbocycles. The predicted molar refractivity (Wildman–Crippen MR) is 224 cm³/mol. The third kappa shape index (κ3) is 5.22. The van der Waals surface area contributed by atoms with Crippen molar-refractivity contribution in [3.63, 3.8) is 0 Å². The molecule has 0 spiro atoms. The van der Waals surface area contributed by atoms with Crippen molar-refractivity contribution in [3.8, 4) is 67.5 Å². The first-order valence-electron chi connectivity index (χ1n) is 18.2. The van der Waals surface area contributed by atoms with Crippen LogP contribution in [0.2, 0.25) is 13.1 Å². The molecule has 2 heterocycles. The number of hydrogen-bond acceptors (Lipinski definition) is 3. The van der Waals surface area contributed by atoms with Crippen molar-refractivity contribution in [2.24, 2.45) is 0 Å². The van der Waals surface area contributed by atoms with E-state index in [0.29, 0.717) is 17.5 Å². The first-order chi connectivity index (χ1) is 26.0. The number of fused-ring (bicyclic) bond motifs is 6. The fraction of sp³-hybridized carbons (Fsp3) is 0.0408. The average Bonchev–Trinajstić information content (AvgIpc) is 3.47. The molecule has 0 N–H and O–H groups in total. The van der Waals surface area contributed by atoms with Gasteiger partial charge >= 0.3 is 0 Å². The highest BCUT2D eigenvalue weighted by atomic mass is 28.3. The summed E-state index contributed by atoms with van der Waals surface area (Å²) in [4.78, 5) is 16.0. The molecule has 0 fully saturated rings. The maximum atomic E-state index is 5.36. The number of hydrogen-bond donors (Lipinski definition) is 0. The highest BCUT2D eigenvalue weighted by Crippen LogP contribution is 2.38. The van der Waals surface area contributed by atoms with Crippen LogP contribution in [-0.2, 0) is 0 Å². The number of rotatable bonds is 5. The molecule has 1 aliphatic heterocycles. The minimum atomic E-state index is -2.15. The van der Waals surface area contributed by atoms with Gasteiger partial charge in [0.05, 0.1) is 0 Å². The SMILES string of the molecule is C[Si]1(C)c2ccc3ccccc3c2-c2cccc(-c3nc(-c4ccc5cc(-c6ccccc6)ccc5c4)nc(-c4ccccc4-c4ccccc4)n3)c21. The molecule has 4 heteroatoms. The van der Waals surface area contributed by atoms with Crippen LogP contribution in [0, 0.1) is 0 Å². The van der Waals surface area contributed by atoms with Crippen LogP contribution >= 0.6 is 0 Å². The van der Waals surface area contributed by atoms with Crippen LogP contribution in [0.15, 0.2) is 176 Å². The van der Waals surface area contributed by atoms with E-state index in [1.54, 1.807) is 0 Å². The zero-order valence-electron chi connectivity index (χ0n) is 29.6. The van der Waals surface area contributed by atoms with Crippen LogP contribution < -0.4 is 10.4 Å². The molecule has 0 unspecified atom stereocenters. The molecule has 0 radical (unpaired) electrons. The van der Waals surface area contributed by atoms with E-state index in [4.69, 9.17) is 15.0 Å². The molecule has 0 atom stereocenters. The van der Waals surface area contributed by atoms with E-state index in [-0.39, 0.29) is 0 Å². The molecule has 3 nitrogen and oxygen atoms in total. The zero-order valence-corrected chi connectivity index (χ0v) is 30.6. The molecular formula is C49H35N3Si. The van der Waals surface area contributed by atoms with E-state index < -0.39 is 8.07 Å². The van der Waals surface area contributed by atoms with Crippen molar-refractivity contribution in [3.05, 3.63) is 176 Å². The standard InChI is InChI=1S/C49H35N3Si/c1-53(2)44-29-28-34-18-9-10-20-40(34)45(44)42-22-13-23-43(46(42)53)49-51-47(50-48(52-49)41-21-12-11-19-39(41)33-16-7-4-8-17-33)38-27-26-36-30-35(24-25-37(36)31-38)32-14-5-3-6-15-32/h3-31H,1-2H3. The fourth-order valence-electron chi connectivity index (χ4n) is 8.33. The number of aromatic nitrogens is 3. The second-order valence-corrected chi connectivity index (χ2v) is 18.7. The van der Waals surface area contributed by atoms with Crippen LogP contribution in [0.1, 0.15) is 0 Å². The van der Waals surface area contributed by atoms with E-state index in [2.05, 4.69) is 189 Å². The van der Waals surface area contributed by atoms with Gasteiger partial charge in [0.2, 0.25) is 0 Å². The number of benzene rings is 8. The monoisotopic (exact) mass is 693 g/mol. The highest BCUT2D eigenvalue weighted by Gasteiger charge is 2.40. The van der Waals surface area contributed by atoms with E-state index in [0.717, 1.165) is 33.2 Å². The summed E-state index contributed by atoms with van der Waals surface area (Å²) in [6.07, 6.45) is 0. The van der Waals surface area contributed by atoms with Crippen molar-refractivity contribution in [1.82, 2.24) is 15.0 Å². The van der Waals surface area contributed by atoms with E-state index in [9.17, 15) is 0 Å². The fourth-order valence-corrected chi connectivity index (χ4v) is 11.7. The lowest BCUT2D eigenvalue weighted by atomic mass is 9.96. The third-order valence-electron chi connectivity index (χ3n) is 10.9. The van der Waals surface area contributed by atoms with Gasteiger partial charge in [0.25, 0.3) is 0 Å². The van der Waals surface area contributed by atoms with Gasteiger partial charge in [-0.05, 0) is 77.4 Å². The smallest absolute Gasteiger partial charge is 0.164 e. The summed E-state index contributed by atoms with van der Waals surface area (Å²) >= 11 is 0. The Morgan fingerprint density at radius 2 is 0.906 bits per heavy atom. The second kappa shape index (κ2) is 12.3. The average molecular weight is 694 g/mol. The summed E-state index contributed by atoms with van der Waals surface area (Å²) in [7, 11) is -2.15. The summed E-state index contributed by atoms with van der Waals surface area (Å²) in [6.45, 7) is 4.94. The van der Waals surface area contributed by atoms with E-state index in [1.807, 2.05) is 0 Å². The van der Waals surface area contributed by atoms with Gasteiger partial charge in [-0.3, -0.25) is 0 Å². The summed E-state index contributed by atoms with van der Waals surface area (Å²) in [6, 6.07) is 62.8. The molecular weight excluding hydrogens is 659 g/mol. The van der Waals surface area contributed by atoms with Crippen molar-refractivity contribution in [2.75, 3.05) is 0 Å². The normalized spacial score (nSPS) is 12.9. The Morgan fingerprint density at radius 1 is 0.358 bits per heavy atom. The minimum Gasteiger partial charge on any atom is -0.208 e. The van der Waals surface area contributed by atoms with Gasteiger partial charge in [-0.1, -0.05) is 177 Å². The number of nitrogens with zero attached hydrogens (tertiary/aromatic N) is 3. The maximum absolute atomic E-state index is 5.36. The molecule has 9 aromatic rings. The molecule has 1 aromatic heterocycles. The Morgan fingerprint density at radius 3 is 1.68 bits per heavy atom. The van der Waals surface area contributed by atoms with Gasteiger partial charge in [0, 0.05) is 16.7 Å². The summed E-state index contributed by atoms with van der Waals surface area (Å²) in [5, 5.41) is 7.75. The second-order valence-electron chi connectivity index (χ2n) is 14.4. The molecule has 0 saturated heterocycles. The molecule has 0 aliphatic carbocycles. The quantitative estimate of drug-likeness (QED) is 0.168. The van der Waals surface area contributed by atoms with Gasteiger partial charge in [0.1, 0.15) is 8.07 Å². The van der Waals surface area contributed by atoms with Crippen LogP contribution in [0.4, 0.5) is 0 Å². The Kier molecular flexibility index (Phi) is 7.27. The molecule has 53 heavy (non-hydrogen) atoms. The first kappa shape index (κ1) is 31.3. The van der Waals surface area contributed by atoms with Crippen molar-refractivity contribution in [2.45, 2.75) is 13.1 Å². The highest BCUT2D eigenvalue weighted by molar-refractivity contribution is 7.04. The maximum Gasteiger partial charge on any atom is 0.164 e. The third-order valence-corrected chi connectivity index (χ3v) is 14.4. The molecule has 8 aromatic carbocycles. The van der Waals surface area contributed by atoms with Gasteiger partial charge in [-0.2, -0.15) is 0 Å². The lowest BCUT2D eigenvalue weighted by Gasteiger charge is -2.22. The molecule has 0 bridgehead atoms. The van der Waals surface area contributed by atoms with Crippen LogP contribution in [-0.4, -0.2) is 23.0 Å². The lowest BCUT2D eigenvalue weighted by Crippen LogP contribution is -2.50.